The molecular weight excluding hydrogens is 281 g/mol. The van der Waals surface area contributed by atoms with Gasteiger partial charge in [0.15, 0.2) is 0 Å². The van der Waals surface area contributed by atoms with E-state index in [4.69, 9.17) is 4.74 Å². The molecule has 0 bridgehead atoms. The third-order valence-corrected chi connectivity index (χ3v) is 3.61. The summed E-state index contributed by atoms with van der Waals surface area (Å²) >= 11 is 0. The summed E-state index contributed by atoms with van der Waals surface area (Å²) in [6.07, 6.45) is 1.84. The van der Waals surface area contributed by atoms with Crippen LogP contribution in [0.4, 0.5) is 4.39 Å². The highest BCUT2D eigenvalue weighted by atomic mass is 32.2. The molecule has 3 atom stereocenters. The quantitative estimate of drug-likeness (QED) is 0.722. The van der Waals surface area contributed by atoms with Crippen molar-refractivity contribution in [1.29, 1.82) is 0 Å². The lowest BCUT2D eigenvalue weighted by atomic mass is 10.2. The van der Waals surface area contributed by atoms with E-state index in [-0.39, 0.29) is 18.5 Å². The zero-order chi connectivity index (χ0) is 15.0. The van der Waals surface area contributed by atoms with Gasteiger partial charge in [-0.15, -0.1) is 0 Å². The minimum absolute atomic E-state index is 0.144. The second kappa shape index (κ2) is 9.05. The molecule has 0 fully saturated rings. The number of hydrogen-bond donors (Lipinski definition) is 2. The number of nitrogens with one attached hydrogen (secondary N) is 1. The summed E-state index contributed by atoms with van der Waals surface area (Å²) in [6, 6.07) is 5.86. The van der Waals surface area contributed by atoms with Gasteiger partial charge in [0.25, 0.3) is 0 Å². The highest BCUT2D eigenvalue weighted by Gasteiger charge is 2.08. The molecule has 114 valence electrons. The van der Waals surface area contributed by atoms with Crippen LogP contribution in [0.3, 0.4) is 0 Å². The zero-order valence-electron chi connectivity index (χ0n) is 11.8. The van der Waals surface area contributed by atoms with Gasteiger partial charge in [0.1, 0.15) is 24.3 Å². The summed E-state index contributed by atoms with van der Waals surface area (Å²) in [6.45, 7) is 2.53. The molecule has 1 aromatic rings. The zero-order valence-corrected chi connectivity index (χ0v) is 12.7. The Hall–Kier alpha value is -0.980. The van der Waals surface area contributed by atoms with E-state index in [1.165, 1.54) is 24.3 Å². The molecule has 2 N–H and O–H groups in total. The van der Waals surface area contributed by atoms with E-state index in [9.17, 15) is 13.7 Å². The van der Waals surface area contributed by atoms with E-state index in [2.05, 4.69) is 5.32 Å². The number of ether oxygens (including phenoxy) is 1. The van der Waals surface area contributed by atoms with Gasteiger partial charge in [-0.2, -0.15) is 0 Å². The van der Waals surface area contributed by atoms with Crippen molar-refractivity contribution in [3.63, 3.8) is 0 Å². The second-order valence-electron chi connectivity index (χ2n) is 4.79. The Kier molecular flexibility index (Phi) is 7.72. The maximum atomic E-state index is 12.7. The summed E-state index contributed by atoms with van der Waals surface area (Å²) in [5.41, 5.74) is 0. The third-order valence-electron chi connectivity index (χ3n) is 2.80. The van der Waals surface area contributed by atoms with Gasteiger partial charge in [-0.1, -0.05) is 0 Å². The van der Waals surface area contributed by atoms with E-state index < -0.39 is 16.9 Å². The first-order chi connectivity index (χ1) is 9.47. The number of aliphatic hydroxyl groups excluding tert-OH is 1. The molecule has 0 amide bonds. The number of rotatable bonds is 9. The summed E-state index contributed by atoms with van der Waals surface area (Å²) in [4.78, 5) is 0. The lowest BCUT2D eigenvalue weighted by molar-refractivity contribution is 0.104. The van der Waals surface area contributed by atoms with Gasteiger partial charge in [0.2, 0.25) is 0 Å². The Labute approximate surface area is 121 Å². The number of halogens is 1. The molecule has 0 spiro atoms. The van der Waals surface area contributed by atoms with E-state index in [0.29, 0.717) is 18.0 Å². The first kappa shape index (κ1) is 17.1. The van der Waals surface area contributed by atoms with Gasteiger partial charge in [-0.05, 0) is 37.6 Å². The van der Waals surface area contributed by atoms with Crippen molar-refractivity contribution in [3.8, 4) is 5.75 Å². The Morgan fingerprint density at radius 3 is 2.65 bits per heavy atom. The van der Waals surface area contributed by atoms with E-state index >= 15 is 0 Å². The van der Waals surface area contributed by atoms with Crippen molar-refractivity contribution in [1.82, 2.24) is 5.32 Å². The van der Waals surface area contributed by atoms with Crippen molar-refractivity contribution in [3.05, 3.63) is 30.1 Å². The fraction of sp³-hybridized carbons (Fsp3) is 0.571. The second-order valence-corrected chi connectivity index (χ2v) is 6.35. The highest BCUT2D eigenvalue weighted by molar-refractivity contribution is 7.84. The van der Waals surface area contributed by atoms with Crippen molar-refractivity contribution >= 4 is 10.8 Å². The Morgan fingerprint density at radius 2 is 2.05 bits per heavy atom. The van der Waals surface area contributed by atoms with Gasteiger partial charge in [-0.25, -0.2) is 4.39 Å². The minimum atomic E-state index is -0.789. The van der Waals surface area contributed by atoms with Gasteiger partial charge in [-0.3, -0.25) is 4.21 Å². The molecule has 0 heterocycles. The molecule has 1 rings (SSSR count). The van der Waals surface area contributed by atoms with Crippen LogP contribution in [0, 0.1) is 5.82 Å². The van der Waals surface area contributed by atoms with E-state index in [0.717, 1.165) is 6.42 Å². The van der Waals surface area contributed by atoms with Crippen LogP contribution in [-0.2, 0) is 10.8 Å². The number of hydrogen-bond acceptors (Lipinski definition) is 4. The first-order valence-corrected chi connectivity index (χ1v) is 8.30. The van der Waals surface area contributed by atoms with Crippen molar-refractivity contribution in [2.45, 2.75) is 25.5 Å². The van der Waals surface area contributed by atoms with E-state index in [1.54, 1.807) is 6.26 Å². The van der Waals surface area contributed by atoms with Crippen LogP contribution in [0.5, 0.6) is 5.75 Å². The van der Waals surface area contributed by atoms with Crippen LogP contribution in [0.15, 0.2) is 24.3 Å². The topological polar surface area (TPSA) is 58.6 Å². The first-order valence-electron chi connectivity index (χ1n) is 6.57. The molecule has 0 aromatic heterocycles. The molecular formula is C14H22FNO3S. The molecule has 0 aliphatic heterocycles. The molecule has 6 heteroatoms. The molecule has 1 aromatic carbocycles. The van der Waals surface area contributed by atoms with Gasteiger partial charge < -0.3 is 15.2 Å². The van der Waals surface area contributed by atoms with Crippen molar-refractivity contribution < 1.29 is 18.4 Å². The smallest absolute Gasteiger partial charge is 0.123 e. The van der Waals surface area contributed by atoms with Crippen LogP contribution in [0.1, 0.15) is 13.3 Å². The van der Waals surface area contributed by atoms with Crippen LogP contribution in [0.25, 0.3) is 0 Å². The normalized spacial score (nSPS) is 15.6. The predicted molar refractivity (Wildman–Crippen MR) is 78.9 cm³/mol. The predicted octanol–water partition coefficient (Wildman–Crippen LogP) is 1.31. The third kappa shape index (κ3) is 7.57. The minimum Gasteiger partial charge on any atom is -0.491 e. The van der Waals surface area contributed by atoms with Crippen LogP contribution in [0.2, 0.25) is 0 Å². The molecule has 0 aliphatic carbocycles. The Balaban J connectivity index is 2.18. The Morgan fingerprint density at radius 1 is 1.40 bits per heavy atom. The maximum absolute atomic E-state index is 12.7. The largest absolute Gasteiger partial charge is 0.491 e. The lowest BCUT2D eigenvalue weighted by Crippen LogP contribution is -2.37. The molecule has 0 saturated heterocycles. The Bertz CT molecular complexity index is 413. The summed E-state index contributed by atoms with van der Waals surface area (Å²) in [5, 5.41) is 12.9. The summed E-state index contributed by atoms with van der Waals surface area (Å²) < 4.78 is 29.0. The van der Waals surface area contributed by atoms with Crippen molar-refractivity contribution in [2.75, 3.05) is 25.2 Å². The van der Waals surface area contributed by atoms with Gasteiger partial charge in [0.05, 0.1) is 0 Å². The van der Waals surface area contributed by atoms with Crippen LogP contribution in [-0.4, -0.2) is 46.6 Å². The molecule has 0 saturated carbocycles. The fourth-order valence-electron chi connectivity index (χ4n) is 1.56. The molecule has 4 nitrogen and oxygen atoms in total. The molecule has 0 aliphatic rings. The SMILES string of the molecule is CC(CCS(C)=O)NCC(O)COc1ccc(F)cc1. The van der Waals surface area contributed by atoms with Crippen LogP contribution >= 0.6 is 0 Å². The summed E-state index contributed by atoms with van der Waals surface area (Å²) in [7, 11) is -0.789. The van der Waals surface area contributed by atoms with E-state index in [1.807, 2.05) is 6.92 Å². The average Bonchev–Trinajstić information content (AvgIpc) is 2.42. The van der Waals surface area contributed by atoms with Crippen LogP contribution < -0.4 is 10.1 Å². The lowest BCUT2D eigenvalue weighted by Gasteiger charge is -2.17. The van der Waals surface area contributed by atoms with Gasteiger partial charge >= 0.3 is 0 Å². The summed E-state index contributed by atoms with van der Waals surface area (Å²) in [5.74, 6) is 0.859. The fourth-order valence-corrected chi connectivity index (χ4v) is 2.25. The standard InChI is InChI=1S/C14H22FNO3S/c1-11(7-8-20(2)18)16-9-13(17)10-19-14-5-3-12(15)4-6-14/h3-6,11,13,16-17H,7-10H2,1-2H3. The number of benzene rings is 1. The maximum Gasteiger partial charge on any atom is 0.123 e. The molecule has 0 radical (unpaired) electrons. The highest BCUT2D eigenvalue weighted by Crippen LogP contribution is 2.11. The average molecular weight is 303 g/mol. The monoisotopic (exact) mass is 303 g/mol. The number of aliphatic hydroxyl groups is 1. The van der Waals surface area contributed by atoms with Crippen molar-refractivity contribution in [2.24, 2.45) is 0 Å². The van der Waals surface area contributed by atoms with Gasteiger partial charge in [0, 0.05) is 35.4 Å². The molecule has 3 unspecified atom stereocenters. The molecule has 20 heavy (non-hydrogen) atoms.